The molecule has 0 heterocycles. The first-order valence-corrected chi connectivity index (χ1v) is 7.96. The molecule has 0 aliphatic rings. The van der Waals surface area contributed by atoms with Crippen molar-refractivity contribution < 1.29 is 17.3 Å². The van der Waals surface area contributed by atoms with E-state index in [0.717, 1.165) is 12.7 Å². The highest BCUT2D eigenvalue weighted by Crippen LogP contribution is 2.13. The van der Waals surface area contributed by atoms with E-state index in [1.807, 2.05) is 31.3 Å². The second-order valence-corrected chi connectivity index (χ2v) is 6.06. The summed E-state index contributed by atoms with van der Waals surface area (Å²) in [5, 5.41) is 3.18. The Balaban J connectivity index is 2.36. The summed E-state index contributed by atoms with van der Waals surface area (Å²) in [6.45, 7) is 2.35. The molecule has 6 heteroatoms. The van der Waals surface area contributed by atoms with Gasteiger partial charge in [0.15, 0.2) is 0 Å². The highest BCUT2D eigenvalue weighted by Gasteiger charge is 2.03. The van der Waals surface area contributed by atoms with E-state index < -0.39 is 10.1 Å². The summed E-state index contributed by atoms with van der Waals surface area (Å²) in [7, 11) is -1.45. The first kappa shape index (κ1) is 15.9. The van der Waals surface area contributed by atoms with E-state index >= 15 is 0 Å². The van der Waals surface area contributed by atoms with Gasteiger partial charge in [-0.05, 0) is 38.1 Å². The maximum Gasteiger partial charge on any atom is 0.264 e. The molecule has 108 valence electrons. The topological polar surface area (TPSA) is 64.6 Å². The molecule has 1 unspecified atom stereocenters. The van der Waals surface area contributed by atoms with E-state index in [9.17, 15) is 8.42 Å². The van der Waals surface area contributed by atoms with Gasteiger partial charge in [0.2, 0.25) is 0 Å². The zero-order valence-electron chi connectivity index (χ0n) is 11.5. The molecule has 5 nitrogen and oxygen atoms in total. The Morgan fingerprint density at radius 3 is 2.37 bits per heavy atom. The van der Waals surface area contributed by atoms with Crippen LogP contribution >= 0.6 is 0 Å². The van der Waals surface area contributed by atoms with E-state index in [4.69, 9.17) is 4.74 Å². The monoisotopic (exact) mass is 287 g/mol. The lowest BCUT2D eigenvalue weighted by Crippen LogP contribution is -2.23. The van der Waals surface area contributed by atoms with Crippen LogP contribution in [0, 0.1) is 0 Å². The van der Waals surface area contributed by atoms with Crippen LogP contribution in [-0.4, -0.2) is 41.0 Å². The van der Waals surface area contributed by atoms with Gasteiger partial charge in [0.1, 0.15) is 19.0 Å². The molecule has 1 atom stereocenters. The summed E-state index contributed by atoms with van der Waals surface area (Å²) in [5.74, 6) is 0.706. The molecule has 0 aliphatic carbocycles. The number of benzene rings is 1. The summed E-state index contributed by atoms with van der Waals surface area (Å²) in [6, 6.07) is 8.17. The van der Waals surface area contributed by atoms with Crippen LogP contribution in [0.5, 0.6) is 5.75 Å². The molecule has 0 amide bonds. The van der Waals surface area contributed by atoms with Gasteiger partial charge in [-0.25, -0.2) is 0 Å². The van der Waals surface area contributed by atoms with Crippen LogP contribution < -0.4 is 10.1 Å². The van der Waals surface area contributed by atoms with Crippen LogP contribution in [-0.2, 0) is 20.7 Å². The summed E-state index contributed by atoms with van der Waals surface area (Å²) in [5.41, 5.74) is 1.22. The largest absolute Gasteiger partial charge is 0.491 e. The molecule has 1 aromatic rings. The molecule has 0 aromatic heterocycles. The Morgan fingerprint density at radius 1 is 1.21 bits per heavy atom. The molecule has 0 aliphatic heterocycles. The molecular formula is C13H21NO4S. The van der Waals surface area contributed by atoms with Crippen LogP contribution in [0.3, 0.4) is 0 Å². The maximum absolute atomic E-state index is 10.7. The Labute approximate surface area is 115 Å². The van der Waals surface area contributed by atoms with Gasteiger partial charge in [-0.15, -0.1) is 0 Å². The Kier molecular flexibility index (Phi) is 6.27. The third kappa shape index (κ3) is 7.15. The summed E-state index contributed by atoms with van der Waals surface area (Å²) in [6.07, 6.45) is 1.97. The van der Waals surface area contributed by atoms with Crippen LogP contribution in [0.15, 0.2) is 24.3 Å². The summed E-state index contributed by atoms with van der Waals surface area (Å²) in [4.78, 5) is 0. The Hall–Kier alpha value is -1.11. The molecule has 0 fully saturated rings. The first-order chi connectivity index (χ1) is 8.90. The van der Waals surface area contributed by atoms with E-state index in [0.29, 0.717) is 11.8 Å². The Bertz CT molecular complexity index is 470. The molecule has 0 radical (unpaired) electrons. The van der Waals surface area contributed by atoms with Gasteiger partial charge < -0.3 is 10.1 Å². The number of nitrogens with one attached hydrogen (secondary N) is 1. The van der Waals surface area contributed by atoms with Crippen molar-refractivity contribution in [2.24, 2.45) is 0 Å². The zero-order valence-corrected chi connectivity index (χ0v) is 12.4. The average Bonchev–Trinajstić information content (AvgIpc) is 2.35. The number of hydrogen-bond acceptors (Lipinski definition) is 5. The van der Waals surface area contributed by atoms with E-state index in [1.165, 1.54) is 5.56 Å². The molecule has 0 saturated heterocycles. The van der Waals surface area contributed by atoms with Crippen LogP contribution in [0.1, 0.15) is 12.5 Å². The average molecular weight is 287 g/mol. The predicted octanol–water partition coefficient (Wildman–Crippen LogP) is 1.19. The zero-order chi connectivity index (χ0) is 14.3. The van der Waals surface area contributed by atoms with Crippen molar-refractivity contribution in [3.05, 3.63) is 29.8 Å². The van der Waals surface area contributed by atoms with Gasteiger partial charge >= 0.3 is 0 Å². The van der Waals surface area contributed by atoms with Crippen molar-refractivity contribution >= 4 is 10.1 Å². The fraction of sp³-hybridized carbons (Fsp3) is 0.538. The first-order valence-electron chi connectivity index (χ1n) is 6.14. The fourth-order valence-electron chi connectivity index (χ4n) is 1.52. The molecule has 1 aromatic carbocycles. The standard InChI is InChI=1S/C13H21NO4S/c1-11(14-2)10-12-4-6-13(7-5-12)17-8-9-18-19(3,15)16/h4-7,11,14H,8-10H2,1-3H3. The molecule has 1 rings (SSSR count). The van der Waals surface area contributed by atoms with Gasteiger partial charge in [0.05, 0.1) is 6.26 Å². The van der Waals surface area contributed by atoms with Crippen molar-refractivity contribution in [3.8, 4) is 5.75 Å². The summed E-state index contributed by atoms with van der Waals surface area (Å²) >= 11 is 0. The van der Waals surface area contributed by atoms with Crippen LogP contribution in [0.4, 0.5) is 0 Å². The van der Waals surface area contributed by atoms with Crippen molar-refractivity contribution in [3.63, 3.8) is 0 Å². The minimum atomic E-state index is -3.39. The third-order valence-corrected chi connectivity index (χ3v) is 3.20. The lowest BCUT2D eigenvalue weighted by molar-refractivity contribution is 0.222. The lowest BCUT2D eigenvalue weighted by Gasteiger charge is -2.11. The molecule has 0 saturated carbocycles. The number of rotatable bonds is 8. The molecular weight excluding hydrogens is 266 g/mol. The minimum absolute atomic E-state index is 0.0252. The van der Waals surface area contributed by atoms with E-state index in [-0.39, 0.29) is 13.2 Å². The second-order valence-electron chi connectivity index (χ2n) is 4.41. The molecule has 0 bridgehead atoms. The van der Waals surface area contributed by atoms with Gasteiger partial charge in [-0.2, -0.15) is 8.42 Å². The normalized spacial score (nSPS) is 13.2. The Morgan fingerprint density at radius 2 is 1.84 bits per heavy atom. The van der Waals surface area contributed by atoms with Gasteiger partial charge in [0, 0.05) is 6.04 Å². The van der Waals surface area contributed by atoms with Crippen LogP contribution in [0.25, 0.3) is 0 Å². The predicted molar refractivity (Wildman–Crippen MR) is 75.0 cm³/mol. The molecule has 0 spiro atoms. The van der Waals surface area contributed by atoms with Gasteiger partial charge in [0.25, 0.3) is 10.1 Å². The van der Waals surface area contributed by atoms with E-state index in [1.54, 1.807) is 0 Å². The molecule has 1 N–H and O–H groups in total. The SMILES string of the molecule is CNC(C)Cc1ccc(OCCOS(C)(=O)=O)cc1. The highest BCUT2D eigenvalue weighted by molar-refractivity contribution is 7.85. The number of ether oxygens (including phenoxy) is 1. The smallest absolute Gasteiger partial charge is 0.264 e. The van der Waals surface area contributed by atoms with Crippen molar-refractivity contribution in [2.45, 2.75) is 19.4 Å². The summed E-state index contributed by atoms with van der Waals surface area (Å²) < 4.78 is 31.4. The fourth-order valence-corrected chi connectivity index (χ4v) is 1.89. The molecule has 19 heavy (non-hydrogen) atoms. The van der Waals surface area contributed by atoms with Gasteiger partial charge in [-0.1, -0.05) is 12.1 Å². The van der Waals surface area contributed by atoms with Gasteiger partial charge in [-0.3, -0.25) is 4.18 Å². The maximum atomic E-state index is 10.7. The third-order valence-electron chi connectivity index (χ3n) is 2.61. The minimum Gasteiger partial charge on any atom is -0.491 e. The lowest BCUT2D eigenvalue weighted by atomic mass is 10.1. The van der Waals surface area contributed by atoms with E-state index in [2.05, 4.69) is 16.4 Å². The van der Waals surface area contributed by atoms with Crippen molar-refractivity contribution in [1.29, 1.82) is 0 Å². The van der Waals surface area contributed by atoms with Crippen molar-refractivity contribution in [1.82, 2.24) is 5.32 Å². The van der Waals surface area contributed by atoms with Crippen molar-refractivity contribution in [2.75, 3.05) is 26.5 Å². The quantitative estimate of drug-likeness (QED) is 0.575. The van der Waals surface area contributed by atoms with Crippen LogP contribution in [0.2, 0.25) is 0 Å². The number of likely N-dealkylation sites (N-methyl/N-ethyl adjacent to an activating group) is 1. The second kappa shape index (κ2) is 7.47. The number of hydrogen-bond donors (Lipinski definition) is 1. The highest BCUT2D eigenvalue weighted by atomic mass is 32.2.